The molecular formula is C17H21N7OS. The Bertz CT molecular complexity index is 873. The average Bonchev–Trinajstić information content (AvgIpc) is 3.28. The monoisotopic (exact) mass is 371 g/mol. The van der Waals surface area contributed by atoms with Gasteiger partial charge in [0, 0.05) is 40.3 Å². The number of carbonyl (C=O) groups is 1. The Morgan fingerprint density at radius 1 is 1.31 bits per heavy atom. The Hall–Kier alpha value is -2.94. The quantitative estimate of drug-likeness (QED) is 0.616. The molecule has 0 aliphatic rings. The van der Waals surface area contributed by atoms with Crippen LogP contribution in [0.2, 0.25) is 0 Å². The Kier molecular flexibility index (Phi) is 5.47. The van der Waals surface area contributed by atoms with Crippen LogP contribution in [0.1, 0.15) is 10.5 Å². The zero-order chi connectivity index (χ0) is 18.5. The highest BCUT2D eigenvalue weighted by molar-refractivity contribution is 7.13. The van der Waals surface area contributed by atoms with Gasteiger partial charge in [0.2, 0.25) is 0 Å². The van der Waals surface area contributed by atoms with E-state index in [1.807, 2.05) is 42.6 Å². The van der Waals surface area contributed by atoms with Crippen molar-refractivity contribution < 1.29 is 4.79 Å². The summed E-state index contributed by atoms with van der Waals surface area (Å²) in [7, 11) is 5.66. The van der Waals surface area contributed by atoms with E-state index >= 15 is 0 Å². The number of hydrogen-bond acceptors (Lipinski definition) is 7. The van der Waals surface area contributed by atoms with Gasteiger partial charge < -0.3 is 15.5 Å². The first kappa shape index (κ1) is 17.9. The van der Waals surface area contributed by atoms with E-state index in [2.05, 4.69) is 25.9 Å². The fourth-order valence-corrected chi connectivity index (χ4v) is 3.05. The molecule has 3 rings (SSSR count). The Morgan fingerprint density at radius 2 is 2.15 bits per heavy atom. The molecule has 0 atom stereocenters. The molecule has 0 unspecified atom stereocenters. The first-order valence-corrected chi connectivity index (χ1v) is 9.02. The SMILES string of the molecule is CN(C)c1cnnc(NCCNC(=O)c2cc(-c3cccs3)nn2C)c1. The van der Waals surface area contributed by atoms with Gasteiger partial charge in [0.25, 0.3) is 5.91 Å². The van der Waals surface area contributed by atoms with E-state index in [9.17, 15) is 4.79 Å². The number of hydrogen-bond donors (Lipinski definition) is 2. The van der Waals surface area contributed by atoms with Gasteiger partial charge in [-0.2, -0.15) is 10.2 Å². The lowest BCUT2D eigenvalue weighted by Gasteiger charge is -2.13. The number of thiophene rings is 1. The van der Waals surface area contributed by atoms with Crippen LogP contribution in [0.3, 0.4) is 0 Å². The zero-order valence-corrected chi connectivity index (χ0v) is 15.7. The summed E-state index contributed by atoms with van der Waals surface area (Å²) in [5.41, 5.74) is 2.30. The second-order valence-corrected chi connectivity index (χ2v) is 6.84. The molecule has 0 spiro atoms. The molecule has 3 aromatic heterocycles. The van der Waals surface area contributed by atoms with E-state index in [4.69, 9.17) is 0 Å². The van der Waals surface area contributed by atoms with Crippen molar-refractivity contribution in [1.29, 1.82) is 0 Å². The van der Waals surface area contributed by atoms with Crippen LogP contribution in [0, 0.1) is 0 Å². The Balaban J connectivity index is 1.52. The van der Waals surface area contributed by atoms with Crippen molar-refractivity contribution in [3.63, 3.8) is 0 Å². The van der Waals surface area contributed by atoms with Gasteiger partial charge in [0.05, 0.1) is 16.8 Å². The lowest BCUT2D eigenvalue weighted by atomic mass is 10.3. The van der Waals surface area contributed by atoms with E-state index < -0.39 is 0 Å². The van der Waals surface area contributed by atoms with E-state index in [-0.39, 0.29) is 5.91 Å². The largest absolute Gasteiger partial charge is 0.376 e. The van der Waals surface area contributed by atoms with E-state index in [0.29, 0.717) is 24.6 Å². The first-order chi connectivity index (χ1) is 12.5. The van der Waals surface area contributed by atoms with Gasteiger partial charge in [0.15, 0.2) is 5.82 Å². The van der Waals surface area contributed by atoms with Gasteiger partial charge in [-0.1, -0.05) is 6.07 Å². The maximum atomic E-state index is 12.4. The summed E-state index contributed by atoms with van der Waals surface area (Å²) in [4.78, 5) is 15.4. The number of nitrogens with one attached hydrogen (secondary N) is 2. The number of aromatic nitrogens is 4. The van der Waals surface area contributed by atoms with Crippen molar-refractivity contribution in [1.82, 2.24) is 25.3 Å². The van der Waals surface area contributed by atoms with Crippen molar-refractivity contribution in [2.45, 2.75) is 0 Å². The first-order valence-electron chi connectivity index (χ1n) is 8.14. The molecule has 3 heterocycles. The van der Waals surface area contributed by atoms with E-state index in [0.717, 1.165) is 16.3 Å². The third-order valence-corrected chi connectivity index (χ3v) is 4.65. The van der Waals surface area contributed by atoms with Crippen molar-refractivity contribution in [2.75, 3.05) is 37.4 Å². The molecule has 0 fully saturated rings. The van der Waals surface area contributed by atoms with Gasteiger partial charge in [-0.25, -0.2) is 0 Å². The Labute approximate surface area is 155 Å². The molecular weight excluding hydrogens is 350 g/mol. The fraction of sp³-hybridized carbons (Fsp3) is 0.294. The summed E-state index contributed by atoms with van der Waals surface area (Å²) in [6.07, 6.45) is 1.69. The number of aryl methyl sites for hydroxylation is 1. The number of carbonyl (C=O) groups excluding carboxylic acids is 1. The van der Waals surface area contributed by atoms with E-state index in [1.54, 1.807) is 35.3 Å². The molecule has 8 nitrogen and oxygen atoms in total. The van der Waals surface area contributed by atoms with Crippen LogP contribution in [0.4, 0.5) is 11.5 Å². The predicted molar refractivity (Wildman–Crippen MR) is 104 cm³/mol. The van der Waals surface area contributed by atoms with Crippen molar-refractivity contribution in [2.24, 2.45) is 7.05 Å². The highest BCUT2D eigenvalue weighted by Crippen LogP contribution is 2.23. The Morgan fingerprint density at radius 3 is 2.88 bits per heavy atom. The lowest BCUT2D eigenvalue weighted by Crippen LogP contribution is -2.30. The molecule has 1 amide bonds. The molecule has 3 aromatic rings. The molecule has 0 saturated heterocycles. The molecule has 2 N–H and O–H groups in total. The van der Waals surface area contributed by atoms with Crippen LogP contribution >= 0.6 is 11.3 Å². The third-order valence-electron chi connectivity index (χ3n) is 3.76. The minimum atomic E-state index is -0.155. The second-order valence-electron chi connectivity index (χ2n) is 5.89. The molecule has 0 saturated carbocycles. The number of anilines is 2. The number of rotatable bonds is 7. The normalized spacial score (nSPS) is 10.6. The maximum absolute atomic E-state index is 12.4. The van der Waals surface area contributed by atoms with Crippen molar-refractivity contribution >= 4 is 28.7 Å². The molecule has 26 heavy (non-hydrogen) atoms. The van der Waals surface area contributed by atoms with Crippen LogP contribution in [0.25, 0.3) is 10.6 Å². The smallest absolute Gasteiger partial charge is 0.269 e. The van der Waals surface area contributed by atoms with Crippen molar-refractivity contribution in [3.8, 4) is 10.6 Å². The zero-order valence-electron chi connectivity index (χ0n) is 14.9. The number of nitrogens with zero attached hydrogens (tertiary/aromatic N) is 5. The van der Waals surface area contributed by atoms with Crippen LogP contribution in [-0.4, -0.2) is 53.1 Å². The summed E-state index contributed by atoms with van der Waals surface area (Å²) < 4.78 is 1.60. The molecule has 136 valence electrons. The third kappa shape index (κ3) is 4.17. The fourth-order valence-electron chi connectivity index (χ4n) is 2.37. The standard InChI is InChI=1S/C17H21N7OS/c1-23(2)12-9-16(21-20-11-12)18-6-7-19-17(25)14-10-13(22-24(14)3)15-5-4-8-26-15/h4-5,8-11H,6-7H2,1-3H3,(H,18,21)(H,19,25). The minimum Gasteiger partial charge on any atom is -0.376 e. The second kappa shape index (κ2) is 7.96. The van der Waals surface area contributed by atoms with Gasteiger partial charge in [0.1, 0.15) is 11.4 Å². The van der Waals surface area contributed by atoms with Crippen molar-refractivity contribution in [3.05, 3.63) is 41.5 Å². The summed E-state index contributed by atoms with van der Waals surface area (Å²) in [5.74, 6) is 0.517. The van der Waals surface area contributed by atoms with E-state index in [1.165, 1.54) is 0 Å². The topological polar surface area (TPSA) is 88.0 Å². The van der Waals surface area contributed by atoms with Crippen LogP contribution in [-0.2, 0) is 7.05 Å². The maximum Gasteiger partial charge on any atom is 0.269 e. The van der Waals surface area contributed by atoms with Gasteiger partial charge >= 0.3 is 0 Å². The summed E-state index contributed by atoms with van der Waals surface area (Å²) in [6, 6.07) is 7.67. The van der Waals surface area contributed by atoms with Crippen LogP contribution in [0.15, 0.2) is 35.8 Å². The highest BCUT2D eigenvalue weighted by Gasteiger charge is 2.14. The van der Waals surface area contributed by atoms with Gasteiger partial charge in [-0.15, -0.1) is 16.4 Å². The molecule has 0 aromatic carbocycles. The molecule has 0 aliphatic heterocycles. The molecule has 0 bridgehead atoms. The molecule has 9 heteroatoms. The average molecular weight is 371 g/mol. The van der Waals surface area contributed by atoms with Gasteiger partial charge in [-0.3, -0.25) is 9.48 Å². The predicted octanol–water partition coefficient (Wildman–Crippen LogP) is 1.85. The molecule has 0 aliphatic carbocycles. The lowest BCUT2D eigenvalue weighted by molar-refractivity contribution is 0.0946. The van der Waals surface area contributed by atoms with Gasteiger partial charge in [-0.05, 0) is 17.5 Å². The van der Waals surface area contributed by atoms with Crippen LogP contribution < -0.4 is 15.5 Å². The minimum absolute atomic E-state index is 0.155. The summed E-state index contributed by atoms with van der Waals surface area (Å²) >= 11 is 1.60. The molecule has 0 radical (unpaired) electrons. The highest BCUT2D eigenvalue weighted by atomic mass is 32.1. The number of amides is 1. The van der Waals surface area contributed by atoms with Crippen LogP contribution in [0.5, 0.6) is 0 Å². The summed E-state index contributed by atoms with van der Waals surface area (Å²) in [6.45, 7) is 1.01. The summed E-state index contributed by atoms with van der Waals surface area (Å²) in [5, 5.41) is 20.4.